The third kappa shape index (κ3) is 4.88. The van der Waals surface area contributed by atoms with Crippen LogP contribution in [0.3, 0.4) is 0 Å². The van der Waals surface area contributed by atoms with Gasteiger partial charge in [-0.05, 0) is 56.7 Å². The highest BCUT2D eigenvalue weighted by atomic mass is 35.5. The number of anilines is 2. The third-order valence-corrected chi connectivity index (χ3v) is 7.58. The molecule has 1 aromatic heterocycles. The van der Waals surface area contributed by atoms with E-state index in [2.05, 4.69) is 11.1 Å². The molecule has 36 heavy (non-hydrogen) atoms. The number of fused-ring (bicyclic) bond motifs is 1. The highest BCUT2D eigenvalue weighted by Gasteiger charge is 2.51. The maximum atomic E-state index is 14.0. The van der Waals surface area contributed by atoms with Crippen LogP contribution in [0.5, 0.6) is 5.88 Å². The minimum Gasteiger partial charge on any atom is -0.386 e. The number of halogens is 2. The van der Waals surface area contributed by atoms with Gasteiger partial charge in [-0.1, -0.05) is 35.3 Å². The molecule has 1 aliphatic heterocycles. The van der Waals surface area contributed by atoms with E-state index >= 15 is 0 Å². The molecule has 0 bridgehead atoms. The Morgan fingerprint density at radius 3 is 2.25 bits per heavy atom. The summed E-state index contributed by atoms with van der Waals surface area (Å²) in [6.45, 7) is 5.24. The fraction of sp³-hybridized carbons (Fsp3) is 0.292. The number of nitriles is 1. The number of rotatable bonds is 9. The number of hydrogen-bond donors (Lipinski definition) is 0. The summed E-state index contributed by atoms with van der Waals surface area (Å²) >= 11 is 12.4. The van der Waals surface area contributed by atoms with Gasteiger partial charge in [0.25, 0.3) is 5.91 Å². The van der Waals surface area contributed by atoms with E-state index in [1.807, 2.05) is 0 Å². The normalized spacial score (nSPS) is 17.2. The van der Waals surface area contributed by atoms with Crippen molar-refractivity contribution >= 4 is 48.6 Å². The van der Waals surface area contributed by atoms with E-state index in [0.29, 0.717) is 21.3 Å². The molecule has 0 unspecified atom stereocenters. The summed E-state index contributed by atoms with van der Waals surface area (Å²) in [6.07, 6.45) is 1.58. The average molecular weight is 549 g/mol. The number of phosphoric ester groups is 1. The molecule has 0 spiro atoms. The lowest BCUT2D eigenvalue weighted by atomic mass is 9.91. The molecule has 4 rings (SSSR count). The molecular weight excluding hydrogens is 526 g/mol. The summed E-state index contributed by atoms with van der Waals surface area (Å²) < 4.78 is 31.1. The van der Waals surface area contributed by atoms with E-state index < -0.39 is 13.4 Å². The van der Waals surface area contributed by atoms with Gasteiger partial charge in [0.2, 0.25) is 11.8 Å². The monoisotopic (exact) mass is 548 g/mol. The average Bonchev–Trinajstić information content (AvgIpc) is 3.31. The molecule has 0 aliphatic carbocycles. The maximum absolute atomic E-state index is 14.0. The molecule has 0 fully saturated rings. The van der Waals surface area contributed by atoms with Gasteiger partial charge in [-0.25, -0.2) is 14.4 Å². The van der Waals surface area contributed by atoms with Crippen LogP contribution in [0.25, 0.3) is 0 Å². The summed E-state index contributed by atoms with van der Waals surface area (Å²) in [5.41, 5.74) is 0.447. The largest absolute Gasteiger partial charge is 0.531 e. The predicted octanol–water partition coefficient (Wildman–Crippen LogP) is 6.26. The van der Waals surface area contributed by atoms with Crippen LogP contribution in [0.2, 0.25) is 10.0 Å². The lowest BCUT2D eigenvalue weighted by Crippen LogP contribution is -2.41. The summed E-state index contributed by atoms with van der Waals surface area (Å²) in [6, 6.07) is 13.8. The Labute approximate surface area is 218 Å². The first-order valence-corrected chi connectivity index (χ1v) is 13.3. The zero-order chi connectivity index (χ0) is 26.1. The van der Waals surface area contributed by atoms with Crippen LogP contribution in [-0.4, -0.2) is 28.7 Å². The van der Waals surface area contributed by atoms with Crippen molar-refractivity contribution in [3.05, 3.63) is 69.8 Å². The number of imidazole rings is 1. The Hall–Kier alpha value is -2.86. The topological polar surface area (TPSA) is 107 Å². The summed E-state index contributed by atoms with van der Waals surface area (Å²) in [5.74, 6) is -0.0693. The second-order valence-electron chi connectivity index (χ2n) is 8.13. The van der Waals surface area contributed by atoms with Gasteiger partial charge in [-0.2, -0.15) is 5.26 Å². The van der Waals surface area contributed by atoms with E-state index in [-0.39, 0.29) is 37.4 Å². The number of carbonyl (C=O) groups is 1. The molecule has 0 N–H and O–H groups in total. The molecule has 9 nitrogen and oxygen atoms in total. The Kier molecular flexibility index (Phi) is 7.46. The lowest BCUT2D eigenvalue weighted by Gasteiger charge is -2.27. The Morgan fingerprint density at radius 1 is 1.08 bits per heavy atom. The molecule has 188 valence electrons. The van der Waals surface area contributed by atoms with Crippen molar-refractivity contribution in [3.63, 3.8) is 0 Å². The van der Waals surface area contributed by atoms with Gasteiger partial charge in [0.05, 0.1) is 36.7 Å². The van der Waals surface area contributed by atoms with E-state index in [1.165, 1.54) is 11.1 Å². The van der Waals surface area contributed by atoms with Crippen LogP contribution < -0.4 is 9.42 Å². The molecule has 0 saturated heterocycles. The van der Waals surface area contributed by atoms with Crippen molar-refractivity contribution in [3.8, 4) is 11.9 Å². The first-order valence-electron chi connectivity index (χ1n) is 11.1. The Bertz CT molecular complexity index is 1360. The van der Waals surface area contributed by atoms with Gasteiger partial charge >= 0.3 is 7.82 Å². The second kappa shape index (κ2) is 10.3. The highest BCUT2D eigenvalue weighted by Crippen LogP contribution is 2.53. The quantitative estimate of drug-likeness (QED) is 0.290. The number of hydrogen-bond acceptors (Lipinski definition) is 7. The van der Waals surface area contributed by atoms with Crippen LogP contribution in [0, 0.1) is 11.3 Å². The first-order chi connectivity index (χ1) is 17.1. The molecule has 2 heterocycles. The van der Waals surface area contributed by atoms with Gasteiger partial charge < -0.3 is 4.52 Å². The lowest BCUT2D eigenvalue weighted by molar-refractivity contribution is -0.124. The molecule has 12 heteroatoms. The van der Waals surface area contributed by atoms with Crippen molar-refractivity contribution in [2.24, 2.45) is 0 Å². The van der Waals surface area contributed by atoms with Crippen LogP contribution in [-0.2, 0) is 30.4 Å². The minimum atomic E-state index is -3.99. The van der Waals surface area contributed by atoms with Gasteiger partial charge in [0.15, 0.2) is 0 Å². The SMILES string of the molecule is CCOP(=O)(OCC)Oc1cnc2n1[C@](C)(Cc1ccc(C#N)cc1)C(=O)N2c1cc(Cl)cc(Cl)c1. The van der Waals surface area contributed by atoms with E-state index in [4.69, 9.17) is 42.0 Å². The number of nitrogens with zero attached hydrogens (tertiary/aromatic N) is 4. The number of aromatic nitrogens is 2. The summed E-state index contributed by atoms with van der Waals surface area (Å²) in [7, 11) is -3.99. The highest BCUT2D eigenvalue weighted by molar-refractivity contribution is 7.48. The van der Waals surface area contributed by atoms with Crippen molar-refractivity contribution < 1.29 is 22.9 Å². The molecule has 0 radical (unpaired) electrons. The van der Waals surface area contributed by atoms with Gasteiger partial charge in [0.1, 0.15) is 5.54 Å². The standard InChI is InChI=1S/C24H23Cl2N4O5P/c1-4-33-36(32,34-5-2)35-21-15-28-23-29(20-11-18(25)10-19(26)12-20)22(31)24(3,30(21)23)13-16-6-8-17(14-27)9-7-16/h6-12,15H,4-5,13H2,1-3H3/t24-/m1/s1. The molecule has 1 aliphatic rings. The van der Waals surface area contributed by atoms with Gasteiger partial charge in [-0.3, -0.25) is 18.4 Å². The van der Waals surface area contributed by atoms with Gasteiger partial charge in [-0.15, -0.1) is 0 Å². The van der Waals surface area contributed by atoms with Crippen LogP contribution in [0.1, 0.15) is 31.9 Å². The predicted molar refractivity (Wildman–Crippen MR) is 136 cm³/mol. The fourth-order valence-electron chi connectivity index (χ4n) is 4.11. The molecule has 1 amide bonds. The van der Waals surface area contributed by atoms with Crippen LogP contribution in [0.15, 0.2) is 48.7 Å². The number of benzene rings is 2. The zero-order valence-corrected chi connectivity index (χ0v) is 22.2. The Balaban J connectivity index is 1.85. The molecule has 2 aromatic carbocycles. The number of phosphoric acid groups is 1. The first kappa shape index (κ1) is 26.2. The van der Waals surface area contributed by atoms with Crippen LogP contribution >= 0.6 is 31.0 Å². The van der Waals surface area contributed by atoms with Crippen molar-refractivity contribution in [2.75, 3.05) is 18.1 Å². The Morgan fingerprint density at radius 2 is 1.69 bits per heavy atom. The van der Waals surface area contributed by atoms with Gasteiger partial charge in [0, 0.05) is 16.5 Å². The number of amides is 1. The fourth-order valence-corrected chi connectivity index (χ4v) is 5.80. The second-order valence-corrected chi connectivity index (χ2v) is 10.6. The smallest absolute Gasteiger partial charge is 0.386 e. The van der Waals surface area contributed by atoms with Crippen molar-refractivity contribution in [2.45, 2.75) is 32.7 Å². The number of carbonyl (C=O) groups excluding carboxylic acids is 1. The molecular formula is C24H23Cl2N4O5P. The zero-order valence-electron chi connectivity index (χ0n) is 19.8. The van der Waals surface area contributed by atoms with E-state index in [1.54, 1.807) is 67.8 Å². The molecule has 0 saturated carbocycles. The van der Waals surface area contributed by atoms with Crippen molar-refractivity contribution in [1.29, 1.82) is 5.26 Å². The van der Waals surface area contributed by atoms with Crippen LogP contribution in [0.4, 0.5) is 11.6 Å². The van der Waals surface area contributed by atoms with E-state index in [0.717, 1.165) is 5.56 Å². The minimum absolute atomic E-state index is 0.0374. The molecule has 3 aromatic rings. The molecule has 1 atom stereocenters. The maximum Gasteiger partial charge on any atom is 0.531 e. The third-order valence-electron chi connectivity index (χ3n) is 5.58. The summed E-state index contributed by atoms with van der Waals surface area (Å²) in [4.78, 5) is 19.8. The van der Waals surface area contributed by atoms with Crippen molar-refractivity contribution in [1.82, 2.24) is 9.55 Å². The van der Waals surface area contributed by atoms with E-state index in [9.17, 15) is 9.36 Å². The summed E-state index contributed by atoms with van der Waals surface area (Å²) in [5, 5.41) is 9.82.